The predicted molar refractivity (Wildman–Crippen MR) is 143 cm³/mol. The molecule has 34 heavy (non-hydrogen) atoms. The van der Waals surface area contributed by atoms with Gasteiger partial charge < -0.3 is 10.6 Å². The second-order valence-corrected chi connectivity index (χ2v) is 9.37. The predicted octanol–water partition coefficient (Wildman–Crippen LogP) is 7.14. The molecule has 0 atom stereocenters. The highest BCUT2D eigenvalue weighted by Crippen LogP contribution is 2.40. The van der Waals surface area contributed by atoms with Crippen LogP contribution in [0.1, 0.15) is 43.0 Å². The van der Waals surface area contributed by atoms with Crippen LogP contribution in [0.5, 0.6) is 0 Å². The zero-order valence-corrected chi connectivity index (χ0v) is 20.4. The molecule has 1 aliphatic rings. The summed E-state index contributed by atoms with van der Waals surface area (Å²) in [6.07, 6.45) is 0. The molecule has 6 heteroatoms. The number of hydrogen-bond acceptors (Lipinski definition) is 6. The highest BCUT2D eigenvalue weighted by atomic mass is 32.1. The Balaban J connectivity index is 1.68. The minimum atomic E-state index is -0.195. The number of benzene rings is 4. The summed E-state index contributed by atoms with van der Waals surface area (Å²) >= 11 is 9.16. The lowest BCUT2D eigenvalue weighted by Crippen LogP contribution is -2.23. The first kappa shape index (κ1) is 22.3. The molecule has 4 nitrogen and oxygen atoms in total. The average Bonchev–Trinajstić information content (AvgIpc) is 2.81. The lowest BCUT2D eigenvalue weighted by Gasteiger charge is -2.24. The quantitative estimate of drug-likeness (QED) is 0.206. The van der Waals surface area contributed by atoms with Crippen LogP contribution in [0.3, 0.4) is 0 Å². The first-order chi connectivity index (χ1) is 16.3. The molecule has 5 rings (SSSR count). The van der Waals surface area contributed by atoms with Gasteiger partial charge >= 0.3 is 0 Å². The first-order valence-corrected chi connectivity index (χ1v) is 11.7. The van der Waals surface area contributed by atoms with Crippen LogP contribution in [-0.4, -0.2) is 11.6 Å². The smallest absolute Gasteiger partial charge is 0.196 e. The minimum Gasteiger partial charge on any atom is -0.354 e. The summed E-state index contributed by atoms with van der Waals surface area (Å²) in [5.41, 5.74) is 6.28. The van der Waals surface area contributed by atoms with Crippen LogP contribution in [-0.2, 0) is 0 Å². The van der Waals surface area contributed by atoms with Crippen molar-refractivity contribution in [2.24, 2.45) is 0 Å². The van der Waals surface area contributed by atoms with Crippen molar-refractivity contribution in [1.29, 1.82) is 0 Å². The van der Waals surface area contributed by atoms with E-state index in [9.17, 15) is 9.59 Å². The van der Waals surface area contributed by atoms with Gasteiger partial charge in [0.2, 0.25) is 0 Å². The summed E-state index contributed by atoms with van der Waals surface area (Å²) in [6, 6.07) is 22.2. The molecule has 0 unspecified atom stereocenters. The number of nitrogens with one attached hydrogen (secondary N) is 2. The van der Waals surface area contributed by atoms with Gasteiger partial charge in [-0.2, -0.15) is 0 Å². The Morgan fingerprint density at radius 1 is 0.559 bits per heavy atom. The number of aryl methyl sites for hydroxylation is 2. The Morgan fingerprint density at radius 2 is 0.941 bits per heavy atom. The molecule has 0 fully saturated rings. The van der Waals surface area contributed by atoms with Gasteiger partial charge in [0.25, 0.3) is 0 Å². The molecule has 0 aliphatic heterocycles. The monoisotopic (exact) mass is 482 g/mol. The van der Waals surface area contributed by atoms with Gasteiger partial charge in [-0.15, -0.1) is 25.3 Å². The van der Waals surface area contributed by atoms with Gasteiger partial charge in [-0.05, 0) is 61.4 Å². The van der Waals surface area contributed by atoms with Crippen LogP contribution in [0, 0.1) is 13.8 Å². The zero-order chi connectivity index (χ0) is 24.0. The highest BCUT2D eigenvalue weighted by Gasteiger charge is 2.34. The second kappa shape index (κ2) is 8.70. The summed E-state index contributed by atoms with van der Waals surface area (Å²) in [7, 11) is 0. The van der Waals surface area contributed by atoms with Gasteiger partial charge in [0.1, 0.15) is 0 Å². The summed E-state index contributed by atoms with van der Waals surface area (Å²) in [5, 5.41) is 6.65. The van der Waals surface area contributed by atoms with Crippen molar-refractivity contribution in [3.05, 3.63) is 106 Å². The SMILES string of the molecule is Cc1ccc(Nc2ccc(Nc3ccc(C)cc3S)c3c2C(=O)c2ccccc2C3=O)c(S)c1. The molecule has 168 valence electrons. The highest BCUT2D eigenvalue weighted by molar-refractivity contribution is 7.80. The van der Waals surface area contributed by atoms with Gasteiger partial charge in [-0.3, -0.25) is 9.59 Å². The molecule has 0 aromatic heterocycles. The van der Waals surface area contributed by atoms with E-state index in [4.69, 9.17) is 0 Å². The zero-order valence-electron chi connectivity index (χ0n) is 18.6. The fraction of sp³-hybridized carbons (Fsp3) is 0.0714. The third-order valence-electron chi connectivity index (χ3n) is 5.92. The molecule has 0 spiro atoms. The molecular weight excluding hydrogens is 460 g/mol. The van der Waals surface area contributed by atoms with E-state index in [2.05, 4.69) is 35.9 Å². The standard InChI is InChI=1S/C28H22N2O2S2/c1-15-7-9-19(23(33)13-15)29-21-11-12-22(30-20-10-8-16(2)14-24(20)34)26-25(21)27(31)17-5-3-4-6-18(17)28(26)32/h3-14,29-30,33-34H,1-2H3. The van der Waals surface area contributed by atoms with E-state index in [0.29, 0.717) is 33.6 Å². The number of carbonyl (C=O) groups excluding carboxylic acids is 2. The lowest BCUT2D eigenvalue weighted by molar-refractivity contribution is 0.0980. The van der Waals surface area contributed by atoms with Crippen molar-refractivity contribution in [2.45, 2.75) is 23.6 Å². The van der Waals surface area contributed by atoms with Crippen molar-refractivity contribution in [3.8, 4) is 0 Å². The number of fused-ring (bicyclic) bond motifs is 2. The van der Waals surface area contributed by atoms with Crippen LogP contribution in [0.15, 0.2) is 82.6 Å². The van der Waals surface area contributed by atoms with Crippen molar-refractivity contribution < 1.29 is 9.59 Å². The van der Waals surface area contributed by atoms with Crippen molar-refractivity contribution in [1.82, 2.24) is 0 Å². The Labute approximate surface area is 209 Å². The van der Waals surface area contributed by atoms with E-state index >= 15 is 0 Å². The van der Waals surface area contributed by atoms with Crippen LogP contribution in [0.4, 0.5) is 22.7 Å². The first-order valence-electron chi connectivity index (χ1n) is 10.8. The van der Waals surface area contributed by atoms with Crippen LogP contribution in [0.25, 0.3) is 0 Å². The summed E-state index contributed by atoms with van der Waals surface area (Å²) in [6.45, 7) is 3.98. The molecule has 1 aliphatic carbocycles. The maximum atomic E-state index is 13.7. The molecule has 0 saturated carbocycles. The molecule has 0 saturated heterocycles. The second-order valence-electron chi connectivity index (χ2n) is 8.41. The molecule has 0 heterocycles. The van der Waals surface area contributed by atoms with Gasteiger partial charge in [-0.25, -0.2) is 0 Å². The van der Waals surface area contributed by atoms with Crippen LogP contribution < -0.4 is 10.6 Å². The molecule has 0 amide bonds. The van der Waals surface area contributed by atoms with Crippen molar-refractivity contribution in [3.63, 3.8) is 0 Å². The fourth-order valence-electron chi connectivity index (χ4n) is 4.22. The summed E-state index contributed by atoms with van der Waals surface area (Å²) < 4.78 is 0. The number of hydrogen-bond donors (Lipinski definition) is 4. The lowest BCUT2D eigenvalue weighted by atomic mass is 9.82. The maximum Gasteiger partial charge on any atom is 0.196 e. The molecule has 2 N–H and O–H groups in total. The minimum absolute atomic E-state index is 0.195. The Kier molecular flexibility index (Phi) is 5.71. The summed E-state index contributed by atoms with van der Waals surface area (Å²) in [5.74, 6) is -0.390. The number of ketones is 2. The number of thiol groups is 2. The normalized spacial score (nSPS) is 12.2. The van der Waals surface area contributed by atoms with E-state index in [0.717, 1.165) is 32.3 Å². The topological polar surface area (TPSA) is 58.2 Å². The average molecular weight is 483 g/mol. The number of carbonyl (C=O) groups is 2. The van der Waals surface area contributed by atoms with Gasteiger partial charge in [0.05, 0.1) is 33.9 Å². The maximum absolute atomic E-state index is 13.7. The molecule has 4 aromatic rings. The summed E-state index contributed by atoms with van der Waals surface area (Å²) in [4.78, 5) is 28.8. The van der Waals surface area contributed by atoms with E-state index in [1.165, 1.54) is 0 Å². The van der Waals surface area contributed by atoms with Gasteiger partial charge in [0.15, 0.2) is 11.6 Å². The number of rotatable bonds is 4. The molecule has 0 bridgehead atoms. The van der Waals surface area contributed by atoms with Crippen LogP contribution in [0.2, 0.25) is 0 Å². The molecule has 0 radical (unpaired) electrons. The Hall–Kier alpha value is -3.48. The van der Waals surface area contributed by atoms with E-state index in [1.807, 2.05) is 62.4 Å². The van der Waals surface area contributed by atoms with E-state index in [-0.39, 0.29) is 11.6 Å². The Bertz CT molecular complexity index is 1380. The van der Waals surface area contributed by atoms with Crippen LogP contribution >= 0.6 is 25.3 Å². The van der Waals surface area contributed by atoms with Crippen molar-refractivity contribution >= 4 is 59.6 Å². The van der Waals surface area contributed by atoms with E-state index < -0.39 is 0 Å². The third-order valence-corrected chi connectivity index (χ3v) is 6.66. The molecule has 4 aromatic carbocycles. The van der Waals surface area contributed by atoms with Crippen molar-refractivity contribution in [2.75, 3.05) is 10.6 Å². The fourth-order valence-corrected chi connectivity index (χ4v) is 4.88. The number of anilines is 4. The largest absolute Gasteiger partial charge is 0.354 e. The van der Waals surface area contributed by atoms with E-state index in [1.54, 1.807) is 24.3 Å². The molecular formula is C28H22N2O2S2. The van der Waals surface area contributed by atoms with Gasteiger partial charge in [-0.1, -0.05) is 36.4 Å². The third kappa shape index (κ3) is 3.89. The van der Waals surface area contributed by atoms with Gasteiger partial charge in [0, 0.05) is 20.9 Å². The Morgan fingerprint density at radius 3 is 1.32 bits per heavy atom.